The van der Waals surface area contributed by atoms with E-state index in [1.54, 1.807) is 12.1 Å². The van der Waals surface area contributed by atoms with Crippen LogP contribution in [0.1, 0.15) is 30.6 Å². The van der Waals surface area contributed by atoms with E-state index in [0.29, 0.717) is 21.0 Å². The highest BCUT2D eigenvalue weighted by atomic mass is 32.1. The second-order valence-electron chi connectivity index (χ2n) is 10.2. The van der Waals surface area contributed by atoms with E-state index in [0.717, 1.165) is 31.9 Å². The van der Waals surface area contributed by atoms with Crippen LogP contribution in [0, 0.1) is 29.5 Å². The smallest absolute Gasteiger partial charge is 0.481 e. The Morgan fingerprint density at radius 2 is 1.93 bits per heavy atom. The molecule has 7 rings (SSSR count). The Hall–Kier alpha value is -4.24. The number of hydrogen-bond donors (Lipinski definition) is 3. The highest BCUT2D eigenvalue weighted by Crippen LogP contribution is 2.47. The number of thiophene rings is 1. The van der Waals surface area contributed by atoms with Crippen molar-refractivity contribution in [2.75, 3.05) is 19.2 Å². The average Bonchev–Trinajstić information content (AvgIpc) is 3.63. The van der Waals surface area contributed by atoms with Gasteiger partial charge in [-0.25, -0.2) is 29.1 Å². The normalized spacial score (nSPS) is 21.4. The molecule has 3 aliphatic carbocycles. The number of carboxylic acid groups (broad SMARTS) is 1. The summed E-state index contributed by atoms with van der Waals surface area (Å²) >= 11 is 1.20. The van der Waals surface area contributed by atoms with Crippen LogP contribution in [-0.4, -0.2) is 62.1 Å². The summed E-state index contributed by atoms with van der Waals surface area (Å²) in [4.78, 5) is 44.3. The van der Waals surface area contributed by atoms with Crippen LogP contribution in [-0.2, 0) is 25.6 Å². The van der Waals surface area contributed by atoms with E-state index in [1.165, 1.54) is 24.6 Å². The van der Waals surface area contributed by atoms with Crippen LogP contribution in [0.25, 0.3) is 33.1 Å². The number of rotatable bonds is 9. The summed E-state index contributed by atoms with van der Waals surface area (Å²) in [7, 11) is 1.18. The predicted octanol–water partition coefficient (Wildman–Crippen LogP) is 4.98. The van der Waals surface area contributed by atoms with Crippen molar-refractivity contribution < 1.29 is 37.7 Å². The Morgan fingerprint density at radius 1 is 1.14 bits per heavy atom. The lowest BCUT2D eigenvalue weighted by Gasteiger charge is -2.47. The third-order valence-corrected chi connectivity index (χ3v) is 8.88. The molecule has 12 nitrogen and oxygen atoms in total. The second-order valence-corrected chi connectivity index (χ2v) is 11.4. The first kappa shape index (κ1) is 27.9. The molecule has 0 saturated heterocycles. The minimum atomic E-state index is -0.918. The minimum absolute atomic E-state index is 0.00345. The van der Waals surface area contributed by atoms with Gasteiger partial charge in [-0.2, -0.15) is 4.39 Å². The van der Waals surface area contributed by atoms with Crippen LogP contribution in [0.4, 0.5) is 19.4 Å². The Labute approximate surface area is 241 Å². The molecule has 0 radical (unpaired) electrons. The summed E-state index contributed by atoms with van der Waals surface area (Å²) < 4.78 is 44.6. The molecule has 42 heavy (non-hydrogen) atoms. The van der Waals surface area contributed by atoms with Crippen molar-refractivity contribution in [3.05, 3.63) is 41.2 Å². The van der Waals surface area contributed by atoms with Gasteiger partial charge in [0.2, 0.25) is 5.95 Å². The number of nitrogens with zero attached hydrogens (tertiary/aromatic N) is 4. The van der Waals surface area contributed by atoms with Gasteiger partial charge < -0.3 is 29.6 Å². The zero-order valence-electron chi connectivity index (χ0n) is 22.3. The predicted molar refractivity (Wildman–Crippen MR) is 145 cm³/mol. The lowest BCUT2D eigenvalue weighted by molar-refractivity contribution is -0.148. The van der Waals surface area contributed by atoms with Crippen LogP contribution in [0.15, 0.2) is 24.5 Å². The number of halogens is 2. The molecule has 2 bridgehead atoms. The monoisotopic (exact) mass is 600 g/mol. The third-order valence-electron chi connectivity index (χ3n) is 7.82. The van der Waals surface area contributed by atoms with Crippen molar-refractivity contribution in [1.82, 2.24) is 24.9 Å². The van der Waals surface area contributed by atoms with Crippen LogP contribution in [0.5, 0.6) is 0 Å². The first-order valence-corrected chi connectivity index (χ1v) is 14.1. The van der Waals surface area contributed by atoms with Crippen molar-refractivity contribution in [2.45, 2.75) is 38.3 Å². The molecule has 3 aliphatic rings. The number of carbonyl (C=O) groups is 2. The zero-order valence-corrected chi connectivity index (χ0v) is 23.1. The van der Waals surface area contributed by atoms with E-state index in [4.69, 9.17) is 9.47 Å². The van der Waals surface area contributed by atoms with E-state index in [1.807, 2.05) is 0 Å². The lowest BCUT2D eigenvalue weighted by atomic mass is 9.61. The van der Waals surface area contributed by atoms with Crippen LogP contribution in [0.2, 0.25) is 0 Å². The quantitative estimate of drug-likeness (QED) is 0.135. The number of H-pyrrole nitrogens is 1. The number of anilines is 1. The molecule has 0 aromatic carbocycles. The van der Waals surface area contributed by atoms with Crippen molar-refractivity contribution in [1.29, 1.82) is 0 Å². The van der Waals surface area contributed by atoms with Gasteiger partial charge in [0.25, 0.3) is 0 Å². The van der Waals surface area contributed by atoms with E-state index in [9.17, 15) is 19.1 Å². The van der Waals surface area contributed by atoms with Gasteiger partial charge in [0.05, 0.1) is 36.3 Å². The molecule has 3 saturated carbocycles. The number of aliphatic carboxylic acids is 1. The second kappa shape index (κ2) is 11.6. The minimum Gasteiger partial charge on any atom is -0.481 e. The fourth-order valence-corrected chi connectivity index (χ4v) is 6.84. The molecule has 0 spiro atoms. The lowest BCUT2D eigenvalue weighted by Crippen LogP contribution is -2.51. The van der Waals surface area contributed by atoms with Gasteiger partial charge >= 0.3 is 12.1 Å². The zero-order chi connectivity index (χ0) is 29.4. The number of ether oxygens (including phenoxy) is 3. The van der Waals surface area contributed by atoms with E-state index >= 15 is 4.39 Å². The number of fused-ring (bicyclic) bond motifs is 4. The summed E-state index contributed by atoms with van der Waals surface area (Å²) in [6.07, 6.45) is 4.97. The van der Waals surface area contributed by atoms with Gasteiger partial charge in [0.15, 0.2) is 29.9 Å². The Balaban J connectivity index is 1.37. The first-order chi connectivity index (χ1) is 20.3. The molecule has 2 atom stereocenters. The van der Waals surface area contributed by atoms with E-state index in [2.05, 4.69) is 35.0 Å². The van der Waals surface area contributed by atoms with Crippen LogP contribution in [0.3, 0.4) is 0 Å². The molecule has 4 heterocycles. The maximum absolute atomic E-state index is 16.2. The van der Waals surface area contributed by atoms with Gasteiger partial charge in [-0.05, 0) is 49.7 Å². The largest absolute Gasteiger partial charge is 0.510 e. The van der Waals surface area contributed by atoms with Gasteiger partial charge in [-0.3, -0.25) is 4.79 Å². The summed E-state index contributed by atoms with van der Waals surface area (Å²) in [6.45, 7) is -0.248. The van der Waals surface area contributed by atoms with Gasteiger partial charge in [-0.1, -0.05) is 0 Å². The molecule has 4 aromatic heterocycles. The Kier molecular flexibility index (Phi) is 7.68. The number of aromatic amines is 1. The molecule has 15 heteroatoms. The van der Waals surface area contributed by atoms with Gasteiger partial charge in [0.1, 0.15) is 11.2 Å². The number of carbonyl (C=O) groups excluding carboxylic acids is 1. The Bertz CT molecular complexity index is 1640. The first-order valence-electron chi connectivity index (χ1n) is 13.3. The molecular formula is C27H26F2N6O6S. The van der Waals surface area contributed by atoms with Gasteiger partial charge in [-0.15, -0.1) is 11.3 Å². The van der Waals surface area contributed by atoms with Gasteiger partial charge in [0, 0.05) is 17.1 Å². The molecule has 3 fully saturated rings. The van der Waals surface area contributed by atoms with E-state index < -0.39 is 35.8 Å². The molecular weight excluding hydrogens is 574 g/mol. The molecule has 4 aromatic rings. The molecule has 3 N–H and O–H groups in total. The average molecular weight is 601 g/mol. The summed E-state index contributed by atoms with van der Waals surface area (Å²) in [5.41, 5.74) is 0.748. The number of aromatic nitrogens is 5. The SMILES string of the molecule is COC(=O)OCOCc1ccc(-c2nc(-c3c[nH]c4ncc(F)nc34)nc(N[C@H]3C4CCC(CC4)[C@@H]3C(=O)O)c2F)s1. The van der Waals surface area contributed by atoms with Crippen molar-refractivity contribution in [3.63, 3.8) is 0 Å². The number of hydrogen-bond acceptors (Lipinski definition) is 11. The number of methoxy groups -OCH3 is 1. The highest BCUT2D eigenvalue weighted by Gasteiger charge is 2.47. The van der Waals surface area contributed by atoms with Crippen LogP contribution < -0.4 is 5.32 Å². The fraction of sp³-hybridized carbons (Fsp3) is 0.407. The number of carboxylic acids is 1. The van der Waals surface area contributed by atoms with Crippen molar-refractivity contribution in [2.24, 2.45) is 17.8 Å². The maximum atomic E-state index is 16.2. The summed E-state index contributed by atoms with van der Waals surface area (Å²) in [5, 5.41) is 13.2. The fourth-order valence-electron chi connectivity index (χ4n) is 5.91. The topological polar surface area (TPSA) is 161 Å². The Morgan fingerprint density at radius 3 is 2.69 bits per heavy atom. The summed E-state index contributed by atoms with van der Waals surface area (Å²) in [5.74, 6) is -3.16. The highest BCUT2D eigenvalue weighted by molar-refractivity contribution is 7.15. The standard InChI is InChI=1S/C27H26F2N6O6S/c1-39-27(38)41-11-40-10-14-6-7-16(42-14)22-19(29)24(33-20-13-4-2-12(3-5-13)18(20)26(36)37)35-23(34-22)15-8-30-25-21(15)32-17(28)9-31-25/h6-9,12-13,18,20H,2-5,10-11H2,1H3,(H,30,31)(H,36,37)(H,33,34,35)/t12?,13?,18-,20-/m0/s1. The third kappa shape index (κ3) is 5.36. The maximum Gasteiger partial charge on any atom is 0.510 e. The molecule has 0 aliphatic heterocycles. The summed E-state index contributed by atoms with van der Waals surface area (Å²) in [6, 6.07) is 2.88. The van der Waals surface area contributed by atoms with E-state index in [-0.39, 0.29) is 48.1 Å². The van der Waals surface area contributed by atoms with Crippen molar-refractivity contribution in [3.8, 4) is 22.0 Å². The number of nitrogens with one attached hydrogen (secondary N) is 2. The molecule has 0 unspecified atom stereocenters. The molecule has 220 valence electrons. The van der Waals surface area contributed by atoms with Crippen LogP contribution >= 0.6 is 11.3 Å². The molecule has 0 amide bonds. The van der Waals surface area contributed by atoms with Crippen molar-refractivity contribution >= 4 is 40.4 Å².